The lowest BCUT2D eigenvalue weighted by Gasteiger charge is -2.19. The van der Waals surface area contributed by atoms with Gasteiger partial charge in [0.1, 0.15) is 0 Å². The molecule has 0 heterocycles. The van der Waals surface area contributed by atoms with Crippen LogP contribution in [0.4, 0.5) is 0 Å². The van der Waals surface area contributed by atoms with Crippen LogP contribution in [-0.2, 0) is 4.79 Å². The molecule has 4 heteroatoms. The van der Waals surface area contributed by atoms with Gasteiger partial charge in [-0.3, -0.25) is 9.59 Å². The van der Waals surface area contributed by atoms with Crippen molar-refractivity contribution in [1.82, 2.24) is 0 Å². The Hall–Kier alpha value is -2.85. The molecule has 0 saturated heterocycles. The third kappa shape index (κ3) is 5.08. The van der Waals surface area contributed by atoms with Gasteiger partial charge >= 0.3 is 5.97 Å². The van der Waals surface area contributed by atoms with E-state index >= 15 is 0 Å². The largest absolute Gasteiger partial charge is 0.481 e. The van der Waals surface area contributed by atoms with Gasteiger partial charge in [0.2, 0.25) is 5.12 Å². The maximum absolute atomic E-state index is 12.7. The van der Waals surface area contributed by atoms with Gasteiger partial charge in [0.15, 0.2) is 0 Å². The number of carboxylic acids is 1. The summed E-state index contributed by atoms with van der Waals surface area (Å²) < 4.78 is 0. The first-order chi connectivity index (χ1) is 13.1. The Morgan fingerprint density at radius 2 is 1.41 bits per heavy atom. The van der Waals surface area contributed by atoms with Crippen molar-refractivity contribution in [2.45, 2.75) is 18.1 Å². The molecule has 0 radical (unpaired) electrons. The number of hydrogen-bond donors (Lipinski definition) is 1. The maximum Gasteiger partial charge on any atom is 0.303 e. The molecule has 27 heavy (non-hydrogen) atoms. The van der Waals surface area contributed by atoms with Crippen LogP contribution in [0.5, 0.6) is 0 Å². The fourth-order valence-electron chi connectivity index (χ4n) is 2.96. The Labute approximate surface area is 163 Å². The molecule has 3 nitrogen and oxygen atoms in total. The van der Waals surface area contributed by atoms with Gasteiger partial charge in [-0.1, -0.05) is 96.7 Å². The van der Waals surface area contributed by atoms with Crippen molar-refractivity contribution >= 4 is 22.8 Å². The van der Waals surface area contributed by atoms with Crippen LogP contribution in [0.3, 0.4) is 0 Å². The van der Waals surface area contributed by atoms with E-state index in [0.717, 1.165) is 16.7 Å². The standard InChI is InChI=1S/C23H20O3S/c24-22(25)16-15-21(27-23(26)18-11-5-2-6-12-18)20-14-8-7-13-19(20)17-9-3-1-4-10-17/h1-14,21H,15-16H2,(H,24,25). The first-order valence-electron chi connectivity index (χ1n) is 8.77. The highest BCUT2D eigenvalue weighted by Gasteiger charge is 2.22. The van der Waals surface area contributed by atoms with Crippen molar-refractivity contribution < 1.29 is 14.7 Å². The van der Waals surface area contributed by atoms with Crippen LogP contribution < -0.4 is 0 Å². The second-order valence-corrected chi connectivity index (χ2v) is 7.32. The number of carbonyl (C=O) groups excluding carboxylic acids is 1. The zero-order valence-electron chi connectivity index (χ0n) is 14.7. The lowest BCUT2D eigenvalue weighted by molar-refractivity contribution is -0.137. The highest BCUT2D eigenvalue weighted by atomic mass is 32.2. The van der Waals surface area contributed by atoms with Crippen LogP contribution in [0.15, 0.2) is 84.9 Å². The van der Waals surface area contributed by atoms with Gasteiger partial charge in [-0.25, -0.2) is 0 Å². The van der Waals surface area contributed by atoms with Gasteiger partial charge in [0.05, 0.1) is 0 Å². The molecular weight excluding hydrogens is 356 g/mol. The average molecular weight is 376 g/mol. The summed E-state index contributed by atoms with van der Waals surface area (Å²) in [5, 5.41) is 8.87. The van der Waals surface area contributed by atoms with Gasteiger partial charge in [-0.15, -0.1) is 0 Å². The van der Waals surface area contributed by atoms with Crippen LogP contribution >= 0.6 is 11.8 Å². The first kappa shape index (κ1) is 18.9. The topological polar surface area (TPSA) is 54.4 Å². The van der Waals surface area contributed by atoms with Crippen molar-refractivity contribution in [2.24, 2.45) is 0 Å². The van der Waals surface area contributed by atoms with E-state index in [1.54, 1.807) is 12.1 Å². The molecule has 0 aliphatic carbocycles. The number of hydrogen-bond acceptors (Lipinski definition) is 3. The Morgan fingerprint density at radius 1 is 0.815 bits per heavy atom. The van der Waals surface area contributed by atoms with Crippen molar-refractivity contribution in [2.75, 3.05) is 0 Å². The molecule has 3 aromatic carbocycles. The first-order valence-corrected chi connectivity index (χ1v) is 9.65. The lowest BCUT2D eigenvalue weighted by Crippen LogP contribution is -2.05. The SMILES string of the molecule is O=C(O)CCC(SC(=O)c1ccccc1)c1ccccc1-c1ccccc1. The Balaban J connectivity index is 1.94. The number of aliphatic carboxylic acids is 1. The molecule has 0 fully saturated rings. The summed E-state index contributed by atoms with van der Waals surface area (Å²) in [5.41, 5.74) is 3.70. The van der Waals surface area contributed by atoms with Crippen LogP contribution in [-0.4, -0.2) is 16.2 Å². The molecule has 0 aromatic heterocycles. The van der Waals surface area contributed by atoms with Gasteiger partial charge < -0.3 is 5.11 Å². The minimum atomic E-state index is -0.857. The number of benzene rings is 3. The molecular formula is C23H20O3S. The average Bonchev–Trinajstić information content (AvgIpc) is 2.72. The third-order valence-corrected chi connectivity index (χ3v) is 5.50. The van der Waals surface area contributed by atoms with Crippen LogP contribution in [0.2, 0.25) is 0 Å². The molecule has 3 aromatic rings. The summed E-state index contributed by atoms with van der Waals surface area (Å²) in [6, 6.07) is 27.0. The minimum absolute atomic E-state index is 0.0167. The summed E-state index contributed by atoms with van der Waals surface area (Å²) >= 11 is 1.20. The van der Waals surface area contributed by atoms with Crippen LogP contribution in [0, 0.1) is 0 Å². The summed E-state index contributed by atoms with van der Waals surface area (Å²) in [5.74, 6) is -0.857. The Kier molecular flexibility index (Phi) is 6.44. The lowest BCUT2D eigenvalue weighted by atomic mass is 9.96. The van der Waals surface area contributed by atoms with E-state index in [-0.39, 0.29) is 16.8 Å². The number of carboxylic acid groups (broad SMARTS) is 1. The van der Waals surface area contributed by atoms with Crippen molar-refractivity contribution in [3.8, 4) is 11.1 Å². The number of thioether (sulfide) groups is 1. The van der Waals surface area contributed by atoms with Gasteiger partial charge in [0.25, 0.3) is 0 Å². The molecule has 3 rings (SSSR count). The van der Waals surface area contributed by atoms with E-state index in [1.165, 1.54) is 11.8 Å². The molecule has 0 aliphatic rings. The molecule has 1 unspecified atom stereocenters. The molecule has 0 spiro atoms. The molecule has 0 amide bonds. The van der Waals surface area contributed by atoms with Crippen molar-refractivity contribution in [3.63, 3.8) is 0 Å². The third-order valence-electron chi connectivity index (χ3n) is 4.27. The summed E-state index contributed by atoms with van der Waals surface area (Å²) in [7, 11) is 0. The van der Waals surface area contributed by atoms with E-state index in [1.807, 2.05) is 72.8 Å². The van der Waals surface area contributed by atoms with E-state index in [9.17, 15) is 9.59 Å². The minimum Gasteiger partial charge on any atom is -0.481 e. The van der Waals surface area contributed by atoms with Crippen LogP contribution in [0.1, 0.15) is 34.0 Å². The zero-order valence-corrected chi connectivity index (χ0v) is 15.6. The summed E-state index contributed by atoms with van der Waals surface area (Å²) in [6.45, 7) is 0. The molecule has 136 valence electrons. The second kappa shape index (κ2) is 9.19. The summed E-state index contributed by atoms with van der Waals surface area (Å²) in [4.78, 5) is 23.9. The molecule has 1 N–H and O–H groups in total. The highest BCUT2D eigenvalue weighted by Crippen LogP contribution is 2.40. The zero-order chi connectivity index (χ0) is 19.1. The predicted molar refractivity (Wildman–Crippen MR) is 110 cm³/mol. The van der Waals surface area contributed by atoms with E-state index in [4.69, 9.17) is 5.11 Å². The Morgan fingerprint density at radius 3 is 2.07 bits per heavy atom. The predicted octanol–water partition coefficient (Wildman–Crippen LogP) is 5.83. The fourth-order valence-corrected chi connectivity index (χ4v) is 4.06. The van der Waals surface area contributed by atoms with Gasteiger partial charge in [-0.2, -0.15) is 0 Å². The fraction of sp³-hybridized carbons (Fsp3) is 0.130. The van der Waals surface area contributed by atoms with Crippen LogP contribution in [0.25, 0.3) is 11.1 Å². The summed E-state index contributed by atoms with van der Waals surface area (Å²) in [6.07, 6.45) is 0.408. The maximum atomic E-state index is 12.7. The molecule has 0 saturated carbocycles. The van der Waals surface area contributed by atoms with Crippen molar-refractivity contribution in [1.29, 1.82) is 0 Å². The van der Waals surface area contributed by atoms with Crippen molar-refractivity contribution in [3.05, 3.63) is 96.1 Å². The van der Waals surface area contributed by atoms with E-state index in [0.29, 0.717) is 12.0 Å². The molecule has 0 aliphatic heterocycles. The number of rotatable bonds is 7. The normalized spacial score (nSPS) is 11.7. The highest BCUT2D eigenvalue weighted by molar-refractivity contribution is 8.14. The van der Waals surface area contributed by atoms with E-state index < -0.39 is 5.97 Å². The van der Waals surface area contributed by atoms with Gasteiger partial charge in [0, 0.05) is 17.2 Å². The quantitative estimate of drug-likeness (QED) is 0.563. The second-order valence-electron chi connectivity index (χ2n) is 6.15. The number of carbonyl (C=O) groups is 2. The Bertz CT molecular complexity index is 907. The molecule has 1 atom stereocenters. The monoisotopic (exact) mass is 376 g/mol. The molecule has 0 bridgehead atoms. The van der Waals surface area contributed by atoms with Gasteiger partial charge in [-0.05, 0) is 23.1 Å². The van der Waals surface area contributed by atoms with E-state index in [2.05, 4.69) is 0 Å². The smallest absolute Gasteiger partial charge is 0.303 e.